The Morgan fingerprint density at radius 3 is 2.57 bits per heavy atom. The monoisotopic (exact) mass is 251 g/mol. The molecule has 0 aliphatic heterocycles. The molecule has 72 valence electrons. The first-order valence-corrected chi connectivity index (χ1v) is 5.29. The summed E-state index contributed by atoms with van der Waals surface area (Å²) in [5.41, 5.74) is 1.60. The van der Waals surface area contributed by atoms with Gasteiger partial charge >= 0.3 is 0 Å². The highest BCUT2D eigenvalue weighted by atomic mass is 79.9. The van der Waals surface area contributed by atoms with Crippen LogP contribution in [0.3, 0.4) is 0 Å². The van der Waals surface area contributed by atoms with Gasteiger partial charge in [0.05, 0.1) is 16.0 Å². The van der Waals surface area contributed by atoms with Gasteiger partial charge in [-0.3, -0.25) is 0 Å². The zero-order chi connectivity index (χ0) is 10.3. The summed E-state index contributed by atoms with van der Waals surface area (Å²) in [5.74, 6) is 0.224. The fourth-order valence-corrected chi connectivity index (χ4v) is 1.85. The number of aromatic hydroxyl groups is 1. The number of benzene rings is 1. The van der Waals surface area contributed by atoms with Crippen molar-refractivity contribution in [1.29, 1.82) is 5.26 Å². The van der Waals surface area contributed by atoms with Crippen LogP contribution in [0.2, 0.25) is 0 Å². The molecule has 0 saturated heterocycles. The van der Waals surface area contributed by atoms with E-state index in [1.54, 1.807) is 6.07 Å². The molecule has 0 amide bonds. The summed E-state index contributed by atoms with van der Waals surface area (Å²) in [6.07, 6.45) is 1.81. The van der Waals surface area contributed by atoms with Crippen molar-refractivity contribution < 1.29 is 5.11 Å². The molecule has 1 saturated carbocycles. The van der Waals surface area contributed by atoms with Gasteiger partial charge in [-0.05, 0) is 52.9 Å². The number of hydrogen-bond acceptors (Lipinski definition) is 2. The lowest BCUT2D eigenvalue weighted by atomic mass is 9.96. The van der Waals surface area contributed by atoms with Crippen LogP contribution in [0.15, 0.2) is 16.6 Å². The zero-order valence-electron chi connectivity index (χ0n) is 7.84. The van der Waals surface area contributed by atoms with E-state index < -0.39 is 0 Å². The predicted octanol–water partition coefficient (Wildman–Crippen LogP) is 3.02. The number of hydrogen-bond donors (Lipinski definition) is 1. The van der Waals surface area contributed by atoms with E-state index in [4.69, 9.17) is 5.26 Å². The van der Waals surface area contributed by atoms with E-state index in [-0.39, 0.29) is 11.2 Å². The Morgan fingerprint density at radius 1 is 1.50 bits per heavy atom. The quantitative estimate of drug-likeness (QED) is 0.834. The van der Waals surface area contributed by atoms with E-state index in [0.717, 1.165) is 28.4 Å². The molecule has 0 unspecified atom stereocenters. The highest BCUT2D eigenvalue weighted by molar-refractivity contribution is 9.10. The topological polar surface area (TPSA) is 44.0 Å². The Balaban J connectivity index is 2.53. The maximum atomic E-state index is 9.61. The number of phenols is 1. The molecule has 2 rings (SSSR count). The number of rotatable bonds is 1. The summed E-state index contributed by atoms with van der Waals surface area (Å²) in [7, 11) is 0. The van der Waals surface area contributed by atoms with Crippen molar-refractivity contribution in [3.8, 4) is 11.8 Å². The van der Waals surface area contributed by atoms with Gasteiger partial charge in [-0.1, -0.05) is 6.07 Å². The average molecular weight is 252 g/mol. The van der Waals surface area contributed by atoms with Crippen LogP contribution in [-0.2, 0) is 5.41 Å². The molecule has 3 heteroatoms. The Kier molecular flexibility index (Phi) is 2.04. The second-order valence-electron chi connectivity index (χ2n) is 3.82. The first kappa shape index (κ1) is 9.54. The molecular weight excluding hydrogens is 242 g/mol. The number of nitrogens with zero attached hydrogens (tertiary/aromatic N) is 1. The van der Waals surface area contributed by atoms with Crippen LogP contribution < -0.4 is 0 Å². The maximum Gasteiger partial charge on any atom is 0.130 e. The minimum absolute atomic E-state index is 0.224. The molecule has 0 aromatic heterocycles. The van der Waals surface area contributed by atoms with Crippen molar-refractivity contribution in [1.82, 2.24) is 0 Å². The number of phenolic OH excluding ortho intramolecular Hbond substituents is 1. The van der Waals surface area contributed by atoms with Gasteiger partial charge < -0.3 is 5.11 Å². The van der Waals surface area contributed by atoms with Gasteiger partial charge in [-0.2, -0.15) is 5.26 Å². The smallest absolute Gasteiger partial charge is 0.130 e. The highest BCUT2D eigenvalue weighted by Gasteiger charge is 2.45. The number of nitriles is 1. The molecule has 0 bridgehead atoms. The fourth-order valence-electron chi connectivity index (χ4n) is 1.62. The Labute approximate surface area is 91.3 Å². The maximum absolute atomic E-state index is 9.61. The van der Waals surface area contributed by atoms with E-state index in [1.165, 1.54) is 0 Å². The first-order chi connectivity index (χ1) is 6.59. The first-order valence-electron chi connectivity index (χ1n) is 4.50. The second-order valence-corrected chi connectivity index (χ2v) is 4.61. The molecule has 1 aromatic rings. The third kappa shape index (κ3) is 1.31. The molecule has 2 nitrogen and oxygen atoms in total. The summed E-state index contributed by atoms with van der Waals surface area (Å²) in [5, 5.41) is 18.6. The van der Waals surface area contributed by atoms with Crippen molar-refractivity contribution in [2.45, 2.75) is 25.2 Å². The second kappa shape index (κ2) is 2.99. The van der Waals surface area contributed by atoms with Gasteiger partial charge in [0.15, 0.2) is 0 Å². The SMILES string of the molecule is Cc1cc(C2(C#N)CC2)cc(O)c1Br. The largest absolute Gasteiger partial charge is 0.507 e. The molecule has 0 atom stereocenters. The van der Waals surface area contributed by atoms with E-state index in [9.17, 15) is 5.11 Å². The van der Waals surface area contributed by atoms with E-state index in [2.05, 4.69) is 22.0 Å². The summed E-state index contributed by atoms with van der Waals surface area (Å²) in [6, 6.07) is 5.98. The van der Waals surface area contributed by atoms with Crippen molar-refractivity contribution in [2.24, 2.45) is 0 Å². The Hall–Kier alpha value is -1.01. The van der Waals surface area contributed by atoms with Crippen LogP contribution >= 0.6 is 15.9 Å². The fraction of sp³-hybridized carbons (Fsp3) is 0.364. The van der Waals surface area contributed by atoms with Crippen molar-refractivity contribution in [2.75, 3.05) is 0 Å². The van der Waals surface area contributed by atoms with Crippen molar-refractivity contribution in [3.05, 3.63) is 27.7 Å². The van der Waals surface area contributed by atoms with Crippen LogP contribution in [0, 0.1) is 18.3 Å². The predicted molar refractivity (Wildman–Crippen MR) is 57.1 cm³/mol. The standard InChI is InChI=1S/C11H10BrNO/c1-7-4-8(5-9(14)10(7)12)11(6-13)2-3-11/h4-5,14H,2-3H2,1H3. The minimum atomic E-state index is -0.317. The van der Waals surface area contributed by atoms with Gasteiger partial charge in [0.25, 0.3) is 0 Å². The lowest BCUT2D eigenvalue weighted by molar-refractivity contribution is 0.470. The normalized spacial score (nSPS) is 17.5. The van der Waals surface area contributed by atoms with Gasteiger partial charge in [0.1, 0.15) is 5.75 Å². The van der Waals surface area contributed by atoms with Crippen LogP contribution in [0.1, 0.15) is 24.0 Å². The number of aryl methyl sites for hydroxylation is 1. The third-order valence-electron chi connectivity index (χ3n) is 2.75. The van der Waals surface area contributed by atoms with E-state index in [1.807, 2.05) is 13.0 Å². The molecule has 1 aromatic carbocycles. The molecule has 0 heterocycles. The van der Waals surface area contributed by atoms with Crippen molar-refractivity contribution in [3.63, 3.8) is 0 Å². The third-order valence-corrected chi connectivity index (χ3v) is 3.78. The Morgan fingerprint density at radius 2 is 2.14 bits per heavy atom. The summed E-state index contributed by atoms with van der Waals surface area (Å²) in [6.45, 7) is 1.92. The summed E-state index contributed by atoms with van der Waals surface area (Å²) < 4.78 is 0.718. The van der Waals surface area contributed by atoms with E-state index >= 15 is 0 Å². The van der Waals surface area contributed by atoms with Crippen LogP contribution in [0.5, 0.6) is 5.75 Å². The van der Waals surface area contributed by atoms with Gasteiger partial charge in [0, 0.05) is 0 Å². The van der Waals surface area contributed by atoms with Gasteiger partial charge in [0.2, 0.25) is 0 Å². The number of halogens is 1. The lowest BCUT2D eigenvalue weighted by Crippen LogP contribution is -2.02. The summed E-state index contributed by atoms with van der Waals surface area (Å²) >= 11 is 3.29. The van der Waals surface area contributed by atoms with Crippen LogP contribution in [0.25, 0.3) is 0 Å². The molecule has 1 N–H and O–H groups in total. The molecule has 1 aliphatic carbocycles. The van der Waals surface area contributed by atoms with E-state index in [0.29, 0.717) is 0 Å². The molecule has 0 spiro atoms. The molecular formula is C11H10BrNO. The average Bonchev–Trinajstić information content (AvgIpc) is 2.94. The van der Waals surface area contributed by atoms with Crippen LogP contribution in [-0.4, -0.2) is 5.11 Å². The molecule has 14 heavy (non-hydrogen) atoms. The molecule has 1 fully saturated rings. The highest BCUT2D eigenvalue weighted by Crippen LogP contribution is 2.49. The lowest BCUT2D eigenvalue weighted by Gasteiger charge is -2.09. The molecule has 0 radical (unpaired) electrons. The van der Waals surface area contributed by atoms with Gasteiger partial charge in [-0.15, -0.1) is 0 Å². The minimum Gasteiger partial charge on any atom is -0.507 e. The van der Waals surface area contributed by atoms with Crippen molar-refractivity contribution >= 4 is 15.9 Å². The molecule has 1 aliphatic rings. The van der Waals surface area contributed by atoms with Gasteiger partial charge in [-0.25, -0.2) is 0 Å². The summed E-state index contributed by atoms with van der Waals surface area (Å²) in [4.78, 5) is 0. The Bertz CT molecular complexity index is 406. The van der Waals surface area contributed by atoms with Crippen LogP contribution in [0.4, 0.5) is 0 Å². The zero-order valence-corrected chi connectivity index (χ0v) is 9.43.